The first kappa shape index (κ1) is 15.4. The molecule has 0 spiro atoms. The van der Waals surface area contributed by atoms with Gasteiger partial charge in [-0.25, -0.2) is 0 Å². The van der Waals surface area contributed by atoms with Crippen LogP contribution in [0.4, 0.5) is 0 Å². The van der Waals surface area contributed by atoms with Crippen LogP contribution in [0.2, 0.25) is 0 Å². The maximum Gasteiger partial charge on any atom is 0.0332 e. The van der Waals surface area contributed by atoms with Gasteiger partial charge in [-0.15, -0.1) is 12.4 Å². The summed E-state index contributed by atoms with van der Waals surface area (Å²) in [4.78, 5) is 0. The summed E-state index contributed by atoms with van der Waals surface area (Å²) in [5, 5.41) is 0. The van der Waals surface area contributed by atoms with Crippen molar-refractivity contribution >= 4 is 44.3 Å². The summed E-state index contributed by atoms with van der Waals surface area (Å²) in [6.45, 7) is 4.34. The van der Waals surface area contributed by atoms with Gasteiger partial charge in [0.25, 0.3) is 0 Å². The maximum atomic E-state index is 6.17. The van der Waals surface area contributed by atoms with Crippen molar-refractivity contribution < 1.29 is 0 Å². The lowest BCUT2D eigenvalue weighted by Gasteiger charge is -2.20. The summed E-state index contributed by atoms with van der Waals surface area (Å²) in [5.41, 5.74) is 7.34. The fourth-order valence-corrected chi connectivity index (χ4v) is 2.22. The van der Waals surface area contributed by atoms with Crippen LogP contribution in [0.3, 0.4) is 0 Å². The van der Waals surface area contributed by atoms with Crippen LogP contribution < -0.4 is 5.73 Å². The molecule has 0 heterocycles. The molecular formula is C11H16Br2ClN. The molecule has 15 heavy (non-hydrogen) atoms. The van der Waals surface area contributed by atoms with Gasteiger partial charge in [0, 0.05) is 15.0 Å². The van der Waals surface area contributed by atoms with Crippen LogP contribution in [-0.2, 0) is 0 Å². The fourth-order valence-electron chi connectivity index (χ4n) is 1.33. The zero-order chi connectivity index (χ0) is 10.7. The molecule has 1 unspecified atom stereocenters. The van der Waals surface area contributed by atoms with E-state index in [9.17, 15) is 0 Å². The minimum atomic E-state index is 0. The molecule has 1 nitrogen and oxygen atoms in total. The summed E-state index contributed by atoms with van der Waals surface area (Å²) >= 11 is 6.99. The highest BCUT2D eigenvalue weighted by atomic mass is 79.9. The second kappa shape index (κ2) is 6.89. The Hall–Kier alpha value is 0.430. The zero-order valence-electron chi connectivity index (χ0n) is 8.84. The number of halogens is 3. The summed E-state index contributed by atoms with van der Waals surface area (Å²) < 4.78 is 2.17. The van der Waals surface area contributed by atoms with Gasteiger partial charge in [0.15, 0.2) is 0 Å². The first-order valence-corrected chi connectivity index (χ1v) is 6.35. The van der Waals surface area contributed by atoms with Crippen molar-refractivity contribution in [2.75, 3.05) is 0 Å². The predicted molar refractivity (Wildman–Crippen MR) is 75.5 cm³/mol. The zero-order valence-corrected chi connectivity index (χ0v) is 12.8. The Balaban J connectivity index is 0.00000196. The summed E-state index contributed by atoms with van der Waals surface area (Å²) in [5.74, 6) is 0.501. The fraction of sp³-hybridized carbons (Fsp3) is 0.455. The molecule has 0 amide bonds. The monoisotopic (exact) mass is 355 g/mol. The SMILES string of the molecule is CCC(C)[C@@H](N)c1cc(Br)ccc1Br.Cl. The average molecular weight is 358 g/mol. The third kappa shape index (κ3) is 4.06. The molecule has 0 aromatic heterocycles. The molecule has 86 valence electrons. The highest BCUT2D eigenvalue weighted by molar-refractivity contribution is 9.11. The van der Waals surface area contributed by atoms with Gasteiger partial charge in [-0.2, -0.15) is 0 Å². The quantitative estimate of drug-likeness (QED) is 0.835. The minimum Gasteiger partial charge on any atom is -0.324 e. The molecule has 0 saturated heterocycles. The smallest absolute Gasteiger partial charge is 0.0332 e. The molecule has 0 bridgehead atoms. The molecule has 2 N–H and O–H groups in total. The van der Waals surface area contributed by atoms with E-state index in [0.29, 0.717) is 5.92 Å². The standard InChI is InChI=1S/C11H15Br2N.ClH/c1-3-7(2)11(14)9-6-8(12)4-5-10(9)13;/h4-7,11H,3,14H2,1-2H3;1H/t7?,11-;/m1./s1. The maximum absolute atomic E-state index is 6.17. The van der Waals surface area contributed by atoms with Crippen LogP contribution in [-0.4, -0.2) is 0 Å². The lowest BCUT2D eigenvalue weighted by molar-refractivity contribution is 0.455. The molecule has 0 fully saturated rings. The molecule has 4 heteroatoms. The van der Waals surface area contributed by atoms with Crippen molar-refractivity contribution in [2.24, 2.45) is 11.7 Å². The number of hydrogen-bond acceptors (Lipinski definition) is 1. The van der Waals surface area contributed by atoms with E-state index in [1.807, 2.05) is 12.1 Å². The van der Waals surface area contributed by atoms with Gasteiger partial charge < -0.3 is 5.73 Å². The summed E-state index contributed by atoms with van der Waals surface area (Å²) in [6, 6.07) is 6.23. The lowest BCUT2D eigenvalue weighted by atomic mass is 9.93. The molecule has 0 radical (unpaired) electrons. The Labute approximate surface area is 114 Å². The van der Waals surface area contributed by atoms with E-state index in [1.54, 1.807) is 0 Å². The Morgan fingerprint density at radius 1 is 1.33 bits per heavy atom. The lowest BCUT2D eigenvalue weighted by Crippen LogP contribution is -2.18. The highest BCUT2D eigenvalue weighted by Gasteiger charge is 2.15. The van der Waals surface area contributed by atoms with E-state index >= 15 is 0 Å². The minimum absolute atomic E-state index is 0. The van der Waals surface area contributed by atoms with E-state index in [2.05, 4.69) is 51.8 Å². The van der Waals surface area contributed by atoms with Crippen LogP contribution in [0.1, 0.15) is 31.9 Å². The van der Waals surface area contributed by atoms with E-state index in [-0.39, 0.29) is 18.4 Å². The van der Waals surface area contributed by atoms with Crippen molar-refractivity contribution in [1.29, 1.82) is 0 Å². The first-order valence-electron chi connectivity index (χ1n) is 4.76. The van der Waals surface area contributed by atoms with Gasteiger partial charge in [-0.3, -0.25) is 0 Å². The number of hydrogen-bond donors (Lipinski definition) is 1. The predicted octanol–water partition coefficient (Wildman–Crippen LogP) is 4.68. The molecule has 0 aliphatic heterocycles. The molecule has 1 rings (SSSR count). The number of rotatable bonds is 3. The Morgan fingerprint density at radius 2 is 1.93 bits per heavy atom. The van der Waals surface area contributed by atoms with Gasteiger partial charge in [0.1, 0.15) is 0 Å². The molecule has 0 aliphatic rings. The van der Waals surface area contributed by atoms with Gasteiger partial charge >= 0.3 is 0 Å². The number of nitrogens with two attached hydrogens (primary N) is 1. The number of benzene rings is 1. The van der Waals surface area contributed by atoms with E-state index < -0.39 is 0 Å². The molecule has 0 aliphatic carbocycles. The normalized spacial score (nSPS) is 14.2. The highest BCUT2D eigenvalue weighted by Crippen LogP contribution is 2.30. The van der Waals surface area contributed by atoms with Crippen molar-refractivity contribution in [1.82, 2.24) is 0 Å². The van der Waals surface area contributed by atoms with Crippen LogP contribution in [0, 0.1) is 5.92 Å². The Morgan fingerprint density at radius 3 is 2.47 bits per heavy atom. The second-order valence-electron chi connectivity index (χ2n) is 3.58. The van der Waals surface area contributed by atoms with Crippen LogP contribution >= 0.6 is 44.3 Å². The second-order valence-corrected chi connectivity index (χ2v) is 5.35. The Kier molecular flexibility index (Phi) is 7.09. The molecule has 1 aromatic rings. The third-order valence-corrected chi connectivity index (χ3v) is 3.79. The van der Waals surface area contributed by atoms with Crippen LogP contribution in [0.25, 0.3) is 0 Å². The third-order valence-electron chi connectivity index (χ3n) is 2.57. The van der Waals surface area contributed by atoms with Crippen molar-refractivity contribution in [3.63, 3.8) is 0 Å². The van der Waals surface area contributed by atoms with E-state index in [4.69, 9.17) is 5.73 Å². The molecule has 1 aromatic carbocycles. The topological polar surface area (TPSA) is 26.0 Å². The van der Waals surface area contributed by atoms with Crippen molar-refractivity contribution in [3.8, 4) is 0 Å². The van der Waals surface area contributed by atoms with Crippen LogP contribution in [0.5, 0.6) is 0 Å². The molecular weight excluding hydrogens is 341 g/mol. The van der Waals surface area contributed by atoms with Crippen LogP contribution in [0.15, 0.2) is 27.1 Å². The molecule has 2 atom stereocenters. The van der Waals surface area contributed by atoms with Crippen molar-refractivity contribution in [3.05, 3.63) is 32.7 Å². The van der Waals surface area contributed by atoms with Gasteiger partial charge in [0.2, 0.25) is 0 Å². The van der Waals surface area contributed by atoms with Gasteiger partial charge in [0.05, 0.1) is 0 Å². The first-order chi connectivity index (χ1) is 6.56. The van der Waals surface area contributed by atoms with Crippen molar-refractivity contribution in [2.45, 2.75) is 26.3 Å². The average Bonchev–Trinajstić information content (AvgIpc) is 2.19. The Bertz CT molecular complexity index is 317. The summed E-state index contributed by atoms with van der Waals surface area (Å²) in [7, 11) is 0. The molecule has 0 saturated carbocycles. The van der Waals surface area contributed by atoms with E-state index in [1.165, 1.54) is 5.56 Å². The van der Waals surface area contributed by atoms with Gasteiger partial charge in [-0.05, 0) is 29.7 Å². The van der Waals surface area contributed by atoms with E-state index in [0.717, 1.165) is 15.4 Å². The largest absolute Gasteiger partial charge is 0.324 e. The summed E-state index contributed by atoms with van der Waals surface area (Å²) in [6.07, 6.45) is 1.10. The van der Waals surface area contributed by atoms with Gasteiger partial charge in [-0.1, -0.05) is 52.1 Å².